The Morgan fingerprint density at radius 1 is 1.16 bits per heavy atom. The lowest BCUT2D eigenvalue weighted by Gasteiger charge is -2.17. The Kier molecular flexibility index (Phi) is 4.42. The van der Waals surface area contributed by atoms with Crippen molar-refractivity contribution in [3.8, 4) is 0 Å². The molecule has 0 atom stereocenters. The molecule has 3 N–H and O–H groups in total. The van der Waals surface area contributed by atoms with Gasteiger partial charge in [-0.1, -0.05) is 30.4 Å². The minimum Gasteiger partial charge on any atom is -0.360 e. The molecule has 1 heterocycles. The third-order valence-corrected chi connectivity index (χ3v) is 4.04. The second-order valence-electron chi connectivity index (χ2n) is 6.93. The van der Waals surface area contributed by atoms with Gasteiger partial charge in [-0.3, -0.25) is 10.1 Å². The van der Waals surface area contributed by atoms with Crippen LogP contribution >= 0.6 is 0 Å². The van der Waals surface area contributed by atoms with Gasteiger partial charge in [-0.05, 0) is 49.1 Å². The Balaban J connectivity index is 1.90. The Labute approximate surface area is 146 Å². The van der Waals surface area contributed by atoms with E-state index >= 15 is 0 Å². The molecule has 0 spiro atoms. The van der Waals surface area contributed by atoms with E-state index in [-0.39, 0.29) is 11.2 Å². The zero-order valence-electron chi connectivity index (χ0n) is 14.3. The number of hydrogen-bond donors (Lipinski definition) is 2. The van der Waals surface area contributed by atoms with Gasteiger partial charge in [0.1, 0.15) is 0 Å². The van der Waals surface area contributed by atoms with Gasteiger partial charge >= 0.3 is 0 Å². The van der Waals surface area contributed by atoms with Gasteiger partial charge in [-0.2, -0.15) is 0 Å². The first kappa shape index (κ1) is 16.9. The monoisotopic (exact) mass is 335 g/mol. The van der Waals surface area contributed by atoms with Crippen LogP contribution in [0, 0.1) is 10.1 Å². The number of nitro benzene ring substituents is 1. The van der Waals surface area contributed by atoms with E-state index in [1.807, 2.05) is 44.3 Å². The number of aromatic amines is 1. The van der Waals surface area contributed by atoms with E-state index < -0.39 is 4.92 Å². The number of H-pyrrole nitrogens is 1. The summed E-state index contributed by atoms with van der Waals surface area (Å²) < 4.78 is 0. The number of non-ortho nitro benzene ring substituents is 1. The number of aromatic nitrogens is 1. The second-order valence-corrected chi connectivity index (χ2v) is 6.93. The highest BCUT2D eigenvalue weighted by molar-refractivity contribution is 5.92. The van der Waals surface area contributed by atoms with Gasteiger partial charge < -0.3 is 10.7 Å². The zero-order valence-corrected chi connectivity index (χ0v) is 14.3. The van der Waals surface area contributed by atoms with Gasteiger partial charge in [0, 0.05) is 29.3 Å². The topological polar surface area (TPSA) is 85.0 Å². The molecule has 0 radical (unpaired) electrons. The Morgan fingerprint density at radius 3 is 2.52 bits per heavy atom. The molecule has 0 unspecified atom stereocenters. The molecule has 0 amide bonds. The maximum absolute atomic E-state index is 10.7. The average molecular weight is 335 g/mol. The minimum atomic E-state index is -0.395. The van der Waals surface area contributed by atoms with E-state index in [9.17, 15) is 10.1 Å². The maximum atomic E-state index is 10.7. The van der Waals surface area contributed by atoms with Crippen molar-refractivity contribution in [2.45, 2.75) is 25.8 Å². The summed E-state index contributed by atoms with van der Waals surface area (Å²) in [6.07, 6.45) is 6.77. The van der Waals surface area contributed by atoms with Crippen molar-refractivity contribution < 1.29 is 4.92 Å². The van der Waals surface area contributed by atoms with Crippen LogP contribution in [0.1, 0.15) is 30.5 Å². The lowest BCUT2D eigenvalue weighted by Crippen LogP contribution is -2.34. The lowest BCUT2D eigenvalue weighted by molar-refractivity contribution is -0.384. The molecule has 5 heteroatoms. The highest BCUT2D eigenvalue weighted by Crippen LogP contribution is 2.26. The van der Waals surface area contributed by atoms with Crippen LogP contribution in [-0.2, 0) is 6.42 Å². The highest BCUT2D eigenvalue weighted by Gasteiger charge is 2.15. The smallest absolute Gasteiger partial charge is 0.269 e. The third-order valence-electron chi connectivity index (χ3n) is 4.04. The van der Waals surface area contributed by atoms with E-state index in [2.05, 4.69) is 11.1 Å². The van der Waals surface area contributed by atoms with Crippen molar-refractivity contribution in [1.82, 2.24) is 4.98 Å². The summed E-state index contributed by atoms with van der Waals surface area (Å²) in [5, 5.41) is 11.9. The summed E-state index contributed by atoms with van der Waals surface area (Å²) in [4.78, 5) is 13.7. The molecule has 0 bridgehead atoms. The van der Waals surface area contributed by atoms with Crippen molar-refractivity contribution in [3.05, 3.63) is 75.5 Å². The largest absolute Gasteiger partial charge is 0.360 e. The summed E-state index contributed by atoms with van der Waals surface area (Å²) in [6, 6.07) is 12.7. The first-order chi connectivity index (χ1) is 11.8. The van der Waals surface area contributed by atoms with Crippen LogP contribution in [0.15, 0.2) is 48.7 Å². The van der Waals surface area contributed by atoms with Crippen LogP contribution in [0.3, 0.4) is 0 Å². The van der Waals surface area contributed by atoms with Crippen molar-refractivity contribution in [1.29, 1.82) is 0 Å². The first-order valence-corrected chi connectivity index (χ1v) is 8.14. The molecule has 2 aromatic carbocycles. The van der Waals surface area contributed by atoms with E-state index in [0.29, 0.717) is 0 Å². The molecule has 0 fully saturated rings. The van der Waals surface area contributed by atoms with Crippen molar-refractivity contribution >= 4 is 28.7 Å². The van der Waals surface area contributed by atoms with Gasteiger partial charge in [0.2, 0.25) is 0 Å². The van der Waals surface area contributed by atoms with E-state index in [4.69, 9.17) is 5.73 Å². The summed E-state index contributed by atoms with van der Waals surface area (Å²) in [6.45, 7) is 4.04. The van der Waals surface area contributed by atoms with Crippen LogP contribution in [0.2, 0.25) is 0 Å². The summed E-state index contributed by atoms with van der Waals surface area (Å²) in [5.74, 6) is 0. The van der Waals surface area contributed by atoms with Crippen LogP contribution in [-0.4, -0.2) is 15.4 Å². The van der Waals surface area contributed by atoms with Crippen LogP contribution in [0.5, 0.6) is 0 Å². The predicted molar refractivity (Wildman–Crippen MR) is 102 cm³/mol. The Morgan fingerprint density at radius 2 is 1.88 bits per heavy atom. The van der Waals surface area contributed by atoms with Gasteiger partial charge in [0.25, 0.3) is 5.69 Å². The molecular formula is C20H21N3O2. The third kappa shape index (κ3) is 3.95. The standard InChI is InChI=1S/C20H21N3O2/c1-20(2,21)12-16-13-22-19-15(4-3-5-18(16)19)9-6-14-7-10-17(11-8-14)23(24)25/h3-11,13,22H,12,21H2,1-2H3/b9-6+. The van der Waals surface area contributed by atoms with Gasteiger partial charge in [-0.25, -0.2) is 0 Å². The number of fused-ring (bicyclic) bond motifs is 1. The first-order valence-electron chi connectivity index (χ1n) is 8.14. The number of rotatable bonds is 5. The highest BCUT2D eigenvalue weighted by atomic mass is 16.6. The number of para-hydroxylation sites is 1. The second kappa shape index (κ2) is 6.53. The average Bonchev–Trinajstić information content (AvgIpc) is 2.95. The zero-order chi connectivity index (χ0) is 18.0. The molecule has 0 aliphatic carbocycles. The number of nitrogens with two attached hydrogens (primary N) is 1. The molecule has 5 nitrogen and oxygen atoms in total. The van der Waals surface area contributed by atoms with Crippen LogP contribution in [0.25, 0.3) is 23.1 Å². The number of benzene rings is 2. The quantitative estimate of drug-likeness (QED) is 0.408. The molecule has 25 heavy (non-hydrogen) atoms. The number of nitro groups is 1. The number of nitrogens with zero attached hydrogens (tertiary/aromatic N) is 1. The fourth-order valence-corrected chi connectivity index (χ4v) is 2.91. The molecule has 0 saturated carbocycles. The molecule has 0 aliphatic rings. The SMILES string of the molecule is CC(C)(N)Cc1c[nH]c2c(/C=C/c3ccc([N+](=O)[O-])cc3)cccc12. The fraction of sp³-hybridized carbons (Fsp3) is 0.200. The van der Waals surface area contributed by atoms with Gasteiger partial charge in [0.15, 0.2) is 0 Å². The van der Waals surface area contributed by atoms with Crippen LogP contribution < -0.4 is 5.73 Å². The van der Waals surface area contributed by atoms with Gasteiger partial charge in [0.05, 0.1) is 10.4 Å². The Bertz CT molecular complexity index is 932. The van der Waals surface area contributed by atoms with Crippen molar-refractivity contribution in [2.75, 3.05) is 0 Å². The van der Waals surface area contributed by atoms with Crippen molar-refractivity contribution in [2.24, 2.45) is 5.73 Å². The van der Waals surface area contributed by atoms with Gasteiger partial charge in [-0.15, -0.1) is 0 Å². The lowest BCUT2D eigenvalue weighted by atomic mass is 9.95. The van der Waals surface area contributed by atoms with Crippen molar-refractivity contribution in [3.63, 3.8) is 0 Å². The number of nitrogens with one attached hydrogen (secondary N) is 1. The molecule has 128 valence electrons. The molecular weight excluding hydrogens is 314 g/mol. The molecule has 3 rings (SSSR count). The van der Waals surface area contributed by atoms with E-state index in [1.54, 1.807) is 12.1 Å². The summed E-state index contributed by atoms with van der Waals surface area (Å²) >= 11 is 0. The summed E-state index contributed by atoms with van der Waals surface area (Å²) in [7, 11) is 0. The van der Waals surface area contributed by atoms with E-state index in [1.165, 1.54) is 23.1 Å². The molecule has 3 aromatic rings. The maximum Gasteiger partial charge on any atom is 0.269 e. The summed E-state index contributed by atoms with van der Waals surface area (Å²) in [5.41, 5.74) is 10.2. The molecule has 1 aromatic heterocycles. The Hall–Kier alpha value is -2.92. The van der Waals surface area contributed by atoms with E-state index in [0.717, 1.165) is 23.1 Å². The molecule has 0 saturated heterocycles. The minimum absolute atomic E-state index is 0.0951. The fourth-order valence-electron chi connectivity index (χ4n) is 2.91. The normalized spacial score (nSPS) is 12.1. The van der Waals surface area contributed by atoms with Crippen LogP contribution in [0.4, 0.5) is 5.69 Å². The molecule has 0 aliphatic heterocycles. The predicted octanol–water partition coefficient (Wildman–Crippen LogP) is 4.53. The number of hydrogen-bond acceptors (Lipinski definition) is 3.